The maximum Gasteiger partial charge on any atom is 0.0953 e. The van der Waals surface area contributed by atoms with Gasteiger partial charge in [0.15, 0.2) is 0 Å². The summed E-state index contributed by atoms with van der Waals surface area (Å²) in [6.45, 7) is 0.845. The van der Waals surface area contributed by atoms with Crippen molar-refractivity contribution in [1.82, 2.24) is 5.06 Å². The zero-order chi connectivity index (χ0) is 17.0. The summed E-state index contributed by atoms with van der Waals surface area (Å²) in [7, 11) is 3.36. The lowest BCUT2D eigenvalue weighted by atomic mass is 9.88. The van der Waals surface area contributed by atoms with E-state index in [2.05, 4.69) is 24.3 Å². The summed E-state index contributed by atoms with van der Waals surface area (Å²) >= 11 is 0. The van der Waals surface area contributed by atoms with Crippen LogP contribution in [-0.4, -0.2) is 37.7 Å². The fraction of sp³-hybridized carbons (Fsp3) is 0.400. The summed E-state index contributed by atoms with van der Waals surface area (Å²) in [5, 5.41) is 12.9. The molecule has 0 amide bonds. The quantitative estimate of drug-likeness (QED) is 0.881. The van der Waals surface area contributed by atoms with Crippen LogP contribution in [0.3, 0.4) is 0 Å². The topological polar surface area (TPSA) is 41.9 Å². The Labute approximate surface area is 143 Å². The standard InChI is InChI=1S/C20H25NO3/c1-23-15-19(17-9-5-3-6-10-17)13-14-20(16-24-2,21(19)22)18-11-7-4-8-12-18/h3-12,22H,13-16H2,1-2H3/t19-,20+. The monoisotopic (exact) mass is 327 g/mol. The predicted octanol–water partition coefficient (Wildman–Crippen LogP) is 3.56. The lowest BCUT2D eigenvalue weighted by Crippen LogP contribution is -2.53. The minimum Gasteiger partial charge on any atom is -0.382 e. The molecule has 1 aliphatic rings. The number of methoxy groups -OCH3 is 2. The van der Waals surface area contributed by atoms with E-state index in [9.17, 15) is 5.21 Å². The number of ether oxygens (including phenoxy) is 2. The van der Waals surface area contributed by atoms with Gasteiger partial charge in [-0.2, -0.15) is 5.06 Å². The third kappa shape index (κ3) is 2.66. The summed E-state index contributed by atoms with van der Waals surface area (Å²) in [5.41, 5.74) is 0.959. The van der Waals surface area contributed by atoms with E-state index in [4.69, 9.17) is 9.47 Å². The van der Waals surface area contributed by atoms with Crippen molar-refractivity contribution in [3.05, 3.63) is 71.8 Å². The Morgan fingerprint density at radius 3 is 1.50 bits per heavy atom. The Kier molecular flexibility index (Phi) is 5.01. The Morgan fingerprint density at radius 2 is 1.17 bits per heavy atom. The molecule has 24 heavy (non-hydrogen) atoms. The van der Waals surface area contributed by atoms with Crippen LogP contribution in [0.5, 0.6) is 0 Å². The van der Waals surface area contributed by atoms with E-state index in [-0.39, 0.29) is 0 Å². The van der Waals surface area contributed by atoms with Crippen LogP contribution in [0.4, 0.5) is 0 Å². The summed E-state index contributed by atoms with van der Waals surface area (Å²) in [6, 6.07) is 20.2. The highest BCUT2D eigenvalue weighted by Gasteiger charge is 2.56. The molecule has 0 bridgehead atoms. The molecule has 128 valence electrons. The van der Waals surface area contributed by atoms with Gasteiger partial charge in [0.05, 0.1) is 24.3 Å². The van der Waals surface area contributed by atoms with E-state index in [0.717, 1.165) is 24.0 Å². The van der Waals surface area contributed by atoms with Crippen LogP contribution in [-0.2, 0) is 20.6 Å². The van der Waals surface area contributed by atoms with E-state index in [1.54, 1.807) is 14.2 Å². The molecule has 4 heteroatoms. The smallest absolute Gasteiger partial charge is 0.0953 e. The normalized spacial score (nSPS) is 27.5. The Hall–Kier alpha value is -1.72. The average Bonchev–Trinajstić information content (AvgIpc) is 2.92. The first kappa shape index (κ1) is 17.1. The molecular weight excluding hydrogens is 302 g/mol. The molecule has 1 saturated heterocycles. The van der Waals surface area contributed by atoms with Crippen molar-refractivity contribution in [1.29, 1.82) is 0 Å². The van der Waals surface area contributed by atoms with Crippen LogP contribution in [0.15, 0.2) is 60.7 Å². The Bertz CT molecular complexity index is 591. The van der Waals surface area contributed by atoms with Gasteiger partial charge in [-0.15, -0.1) is 0 Å². The molecule has 0 radical (unpaired) electrons. The second kappa shape index (κ2) is 7.03. The SMILES string of the molecule is COC[C@]1(c2ccccc2)CC[C@@](COC)(c2ccccc2)N1O. The number of nitrogens with zero attached hydrogens (tertiary/aromatic N) is 1. The summed E-state index contributed by atoms with van der Waals surface area (Å²) < 4.78 is 11.0. The van der Waals surface area contributed by atoms with Gasteiger partial charge < -0.3 is 14.7 Å². The Balaban J connectivity index is 2.09. The number of hydrogen-bond donors (Lipinski definition) is 1. The van der Waals surface area contributed by atoms with Crippen LogP contribution < -0.4 is 0 Å². The highest BCUT2D eigenvalue weighted by atomic mass is 16.5. The molecule has 0 aromatic heterocycles. The fourth-order valence-corrected chi connectivity index (χ4v) is 3.98. The molecule has 3 rings (SSSR count). The summed E-state index contributed by atoms with van der Waals surface area (Å²) in [4.78, 5) is 0. The average molecular weight is 327 g/mol. The van der Waals surface area contributed by atoms with Gasteiger partial charge in [0, 0.05) is 14.2 Å². The Morgan fingerprint density at radius 1 is 0.792 bits per heavy atom. The molecule has 2 atom stereocenters. The van der Waals surface area contributed by atoms with Gasteiger partial charge in [0.25, 0.3) is 0 Å². The van der Waals surface area contributed by atoms with E-state index in [0.29, 0.717) is 13.2 Å². The van der Waals surface area contributed by atoms with Gasteiger partial charge in [-0.3, -0.25) is 0 Å². The molecule has 0 aliphatic carbocycles. The molecule has 2 aromatic rings. The van der Waals surface area contributed by atoms with Gasteiger partial charge in [0.1, 0.15) is 0 Å². The van der Waals surface area contributed by atoms with Crippen molar-refractivity contribution in [2.45, 2.75) is 23.9 Å². The van der Waals surface area contributed by atoms with E-state index >= 15 is 0 Å². The zero-order valence-corrected chi connectivity index (χ0v) is 14.3. The second-order valence-electron chi connectivity index (χ2n) is 6.47. The van der Waals surface area contributed by atoms with Gasteiger partial charge >= 0.3 is 0 Å². The van der Waals surface area contributed by atoms with Gasteiger partial charge in [-0.25, -0.2) is 0 Å². The molecule has 0 unspecified atom stereocenters. The van der Waals surface area contributed by atoms with Crippen LogP contribution in [0, 0.1) is 0 Å². The van der Waals surface area contributed by atoms with Crippen molar-refractivity contribution >= 4 is 0 Å². The zero-order valence-electron chi connectivity index (χ0n) is 14.3. The lowest BCUT2D eigenvalue weighted by Gasteiger charge is -2.42. The molecule has 0 saturated carbocycles. The van der Waals surface area contributed by atoms with Crippen LogP contribution >= 0.6 is 0 Å². The van der Waals surface area contributed by atoms with E-state index in [1.165, 1.54) is 5.06 Å². The van der Waals surface area contributed by atoms with E-state index < -0.39 is 11.1 Å². The van der Waals surface area contributed by atoms with Crippen molar-refractivity contribution < 1.29 is 14.7 Å². The highest BCUT2D eigenvalue weighted by molar-refractivity contribution is 5.33. The van der Waals surface area contributed by atoms with Crippen LogP contribution in [0.1, 0.15) is 24.0 Å². The summed E-state index contributed by atoms with van der Waals surface area (Å²) in [6.07, 6.45) is 1.58. The third-order valence-electron chi connectivity index (χ3n) is 5.15. The molecule has 2 aromatic carbocycles. The number of benzene rings is 2. The van der Waals surface area contributed by atoms with Crippen LogP contribution in [0.2, 0.25) is 0 Å². The number of hydrogen-bond acceptors (Lipinski definition) is 4. The fourth-order valence-electron chi connectivity index (χ4n) is 3.98. The van der Waals surface area contributed by atoms with Gasteiger partial charge in [0.2, 0.25) is 0 Å². The maximum absolute atomic E-state index is 11.4. The molecule has 1 heterocycles. The predicted molar refractivity (Wildman–Crippen MR) is 92.9 cm³/mol. The van der Waals surface area contributed by atoms with Crippen molar-refractivity contribution in [3.8, 4) is 0 Å². The minimum absolute atomic E-state index is 0.422. The number of hydroxylamine groups is 2. The molecule has 0 spiro atoms. The van der Waals surface area contributed by atoms with Crippen molar-refractivity contribution in [3.63, 3.8) is 0 Å². The van der Waals surface area contributed by atoms with Gasteiger partial charge in [-0.1, -0.05) is 60.7 Å². The first-order valence-corrected chi connectivity index (χ1v) is 8.28. The second-order valence-corrected chi connectivity index (χ2v) is 6.47. The van der Waals surface area contributed by atoms with Gasteiger partial charge in [-0.05, 0) is 24.0 Å². The first-order valence-electron chi connectivity index (χ1n) is 8.28. The van der Waals surface area contributed by atoms with E-state index in [1.807, 2.05) is 36.4 Å². The minimum atomic E-state index is -0.579. The lowest BCUT2D eigenvalue weighted by molar-refractivity contribution is -0.241. The molecule has 1 fully saturated rings. The molecule has 4 nitrogen and oxygen atoms in total. The molecule has 1 N–H and O–H groups in total. The van der Waals surface area contributed by atoms with Crippen LogP contribution in [0.25, 0.3) is 0 Å². The van der Waals surface area contributed by atoms with Crippen molar-refractivity contribution in [2.24, 2.45) is 0 Å². The highest BCUT2D eigenvalue weighted by Crippen LogP contribution is 2.51. The number of rotatable bonds is 6. The first-order chi connectivity index (χ1) is 11.7. The van der Waals surface area contributed by atoms with Crippen molar-refractivity contribution in [2.75, 3.05) is 27.4 Å². The third-order valence-corrected chi connectivity index (χ3v) is 5.15. The maximum atomic E-state index is 11.4. The largest absolute Gasteiger partial charge is 0.382 e. The summed E-state index contributed by atoms with van der Waals surface area (Å²) in [5.74, 6) is 0. The molecule has 1 aliphatic heterocycles. The molecular formula is C20H25NO3.